The van der Waals surface area contributed by atoms with Crippen LogP contribution in [0.25, 0.3) is 0 Å². The molecule has 0 saturated carbocycles. The molecule has 0 spiro atoms. The number of phenols is 1. The first-order valence-electron chi connectivity index (χ1n) is 7.25. The molecule has 2 aromatic carbocycles. The van der Waals surface area contributed by atoms with E-state index in [2.05, 4.69) is 0 Å². The molecular weight excluding hydrogens is 350 g/mol. The van der Waals surface area contributed by atoms with Gasteiger partial charge in [0.1, 0.15) is 24.5 Å². The van der Waals surface area contributed by atoms with E-state index in [0.29, 0.717) is 5.69 Å². The summed E-state index contributed by atoms with van der Waals surface area (Å²) in [5.74, 6) is -1.22. The van der Waals surface area contributed by atoms with Crippen molar-refractivity contribution in [3.8, 4) is 17.2 Å². The lowest BCUT2D eigenvalue weighted by atomic mass is 10.2. The van der Waals surface area contributed by atoms with Gasteiger partial charge in [-0.15, -0.1) is 0 Å². The van der Waals surface area contributed by atoms with Crippen LogP contribution in [0.2, 0.25) is 0 Å². The monoisotopic (exact) mass is 365 g/mol. The fourth-order valence-corrected chi connectivity index (χ4v) is 3.63. The number of hydrogen-bond acceptors (Lipinski definition) is 6. The van der Waals surface area contributed by atoms with Gasteiger partial charge in [-0.1, -0.05) is 0 Å². The molecule has 0 aliphatic carbocycles. The Morgan fingerprint density at radius 3 is 2.40 bits per heavy atom. The van der Waals surface area contributed by atoms with E-state index in [-0.39, 0.29) is 40.9 Å². The number of nitrogens with zero attached hydrogens (tertiary/aromatic N) is 1. The molecule has 1 aliphatic heterocycles. The number of carbonyl (C=O) groups is 1. The molecule has 2 aromatic rings. The second-order valence-electron chi connectivity index (χ2n) is 5.29. The van der Waals surface area contributed by atoms with Crippen LogP contribution in [0.5, 0.6) is 17.2 Å². The van der Waals surface area contributed by atoms with Crippen molar-refractivity contribution >= 4 is 21.7 Å². The number of phenolic OH excluding ortho intramolecular Hbond substituents is 1. The second-order valence-corrected chi connectivity index (χ2v) is 7.26. The molecule has 8 nitrogen and oxygen atoms in total. The van der Waals surface area contributed by atoms with Crippen molar-refractivity contribution in [2.45, 2.75) is 4.90 Å². The van der Waals surface area contributed by atoms with Crippen LogP contribution in [0.3, 0.4) is 0 Å². The molecule has 0 amide bonds. The number of aromatic hydroxyl groups is 1. The third kappa shape index (κ3) is 3.05. The fraction of sp³-hybridized carbons (Fsp3) is 0.188. The molecule has 132 valence electrons. The Hall–Kier alpha value is -2.94. The van der Waals surface area contributed by atoms with Gasteiger partial charge in [0.25, 0.3) is 10.0 Å². The van der Waals surface area contributed by atoms with Crippen LogP contribution in [0, 0.1) is 0 Å². The average Bonchev–Trinajstić information content (AvgIpc) is 2.60. The summed E-state index contributed by atoms with van der Waals surface area (Å²) in [6.45, 7) is 0.385. The normalized spacial score (nSPS) is 13.3. The van der Waals surface area contributed by atoms with Gasteiger partial charge >= 0.3 is 5.97 Å². The smallest absolute Gasteiger partial charge is 0.339 e. The van der Waals surface area contributed by atoms with Crippen LogP contribution in [-0.4, -0.2) is 44.9 Å². The van der Waals surface area contributed by atoms with Crippen LogP contribution in [0.4, 0.5) is 5.69 Å². The Labute approximate surface area is 143 Å². The molecule has 0 radical (unpaired) electrons. The van der Waals surface area contributed by atoms with Gasteiger partial charge in [-0.25, -0.2) is 13.2 Å². The highest BCUT2D eigenvalue weighted by Crippen LogP contribution is 2.37. The zero-order valence-corrected chi connectivity index (χ0v) is 14.0. The van der Waals surface area contributed by atoms with Gasteiger partial charge in [0, 0.05) is 13.1 Å². The highest BCUT2D eigenvalue weighted by Gasteiger charge is 2.28. The Balaban J connectivity index is 2.09. The number of ether oxygens (including phenoxy) is 2. The minimum atomic E-state index is -4.04. The van der Waals surface area contributed by atoms with Gasteiger partial charge in [0.05, 0.1) is 10.6 Å². The van der Waals surface area contributed by atoms with E-state index in [1.54, 1.807) is 0 Å². The summed E-state index contributed by atoms with van der Waals surface area (Å²) < 4.78 is 37.3. The number of hydrogen-bond donors (Lipinski definition) is 2. The lowest BCUT2D eigenvalue weighted by Crippen LogP contribution is -2.27. The van der Waals surface area contributed by atoms with E-state index in [9.17, 15) is 23.4 Å². The van der Waals surface area contributed by atoms with Gasteiger partial charge in [0.2, 0.25) is 0 Å². The molecule has 0 aromatic heterocycles. The quantitative estimate of drug-likeness (QED) is 0.847. The van der Waals surface area contributed by atoms with Gasteiger partial charge in [-0.2, -0.15) is 0 Å². The van der Waals surface area contributed by atoms with Crippen LogP contribution in [-0.2, 0) is 10.0 Å². The zero-order chi connectivity index (χ0) is 18.2. The van der Waals surface area contributed by atoms with Crippen molar-refractivity contribution in [3.63, 3.8) is 0 Å². The second kappa shape index (κ2) is 6.17. The fourth-order valence-electron chi connectivity index (χ4n) is 2.40. The number of benzene rings is 2. The maximum Gasteiger partial charge on any atom is 0.339 e. The predicted octanol–water partition coefficient (Wildman–Crippen LogP) is 1.69. The van der Waals surface area contributed by atoms with Crippen molar-refractivity contribution < 1.29 is 32.9 Å². The summed E-state index contributed by atoms with van der Waals surface area (Å²) in [4.78, 5) is 11.2. The zero-order valence-electron chi connectivity index (χ0n) is 13.2. The summed E-state index contributed by atoms with van der Waals surface area (Å²) in [6, 6.07) is 7.86. The van der Waals surface area contributed by atoms with Crippen LogP contribution in [0.15, 0.2) is 41.3 Å². The Kier molecular flexibility index (Phi) is 4.17. The van der Waals surface area contributed by atoms with Gasteiger partial charge in [-0.3, -0.25) is 4.31 Å². The Bertz CT molecular complexity index is 922. The minimum Gasteiger partial charge on any atom is -0.508 e. The number of aromatic carboxylic acids is 1. The Morgan fingerprint density at radius 1 is 1.12 bits per heavy atom. The van der Waals surface area contributed by atoms with Crippen LogP contribution < -0.4 is 13.8 Å². The Morgan fingerprint density at radius 2 is 1.76 bits per heavy atom. The van der Waals surface area contributed by atoms with E-state index < -0.39 is 16.0 Å². The molecule has 3 rings (SSSR count). The van der Waals surface area contributed by atoms with E-state index >= 15 is 0 Å². The van der Waals surface area contributed by atoms with Crippen molar-refractivity contribution in [1.29, 1.82) is 0 Å². The lowest BCUT2D eigenvalue weighted by Gasteiger charge is -2.23. The number of sulfonamides is 1. The number of carboxylic acid groups (broad SMARTS) is 1. The predicted molar refractivity (Wildman–Crippen MR) is 88.1 cm³/mol. The molecule has 9 heteroatoms. The highest BCUT2D eigenvalue weighted by atomic mass is 32.2. The summed E-state index contributed by atoms with van der Waals surface area (Å²) in [5, 5.41) is 18.7. The third-order valence-electron chi connectivity index (χ3n) is 3.72. The summed E-state index contributed by atoms with van der Waals surface area (Å²) in [5.41, 5.74) is 0.0273. The first-order valence-corrected chi connectivity index (χ1v) is 8.69. The van der Waals surface area contributed by atoms with Crippen LogP contribution >= 0.6 is 0 Å². The van der Waals surface area contributed by atoms with Crippen molar-refractivity contribution in [2.24, 2.45) is 0 Å². The lowest BCUT2D eigenvalue weighted by molar-refractivity contribution is 0.0685. The van der Waals surface area contributed by atoms with Gasteiger partial charge < -0.3 is 19.7 Å². The van der Waals surface area contributed by atoms with E-state index in [1.165, 1.54) is 37.4 Å². The molecule has 0 bridgehead atoms. The summed E-state index contributed by atoms with van der Waals surface area (Å²) in [6.07, 6.45) is 0. The molecule has 0 saturated heterocycles. The molecule has 1 heterocycles. The topological polar surface area (TPSA) is 113 Å². The van der Waals surface area contributed by atoms with Crippen molar-refractivity contribution in [3.05, 3.63) is 42.0 Å². The molecule has 0 fully saturated rings. The van der Waals surface area contributed by atoms with Crippen molar-refractivity contribution in [2.75, 3.05) is 24.6 Å². The van der Waals surface area contributed by atoms with Gasteiger partial charge in [-0.05, 0) is 30.3 Å². The number of rotatable bonds is 4. The van der Waals surface area contributed by atoms with Gasteiger partial charge in [0.15, 0.2) is 11.5 Å². The standard InChI is InChI=1S/C16H15NO7S/c1-17(10-2-4-11(18)5-3-10)25(21,22)12-8-13(16(19)20)15-14(9-12)23-6-7-24-15/h2-5,8-9,18H,6-7H2,1H3,(H,19,20). The molecule has 2 N–H and O–H groups in total. The first-order chi connectivity index (χ1) is 11.8. The number of anilines is 1. The molecular formula is C16H15NO7S. The van der Waals surface area contributed by atoms with E-state index in [0.717, 1.165) is 10.4 Å². The third-order valence-corrected chi connectivity index (χ3v) is 5.48. The number of fused-ring (bicyclic) bond motifs is 1. The maximum absolute atomic E-state index is 12.9. The minimum absolute atomic E-state index is 0.00189. The maximum atomic E-state index is 12.9. The number of carboxylic acids is 1. The molecule has 0 atom stereocenters. The molecule has 1 aliphatic rings. The highest BCUT2D eigenvalue weighted by molar-refractivity contribution is 7.92. The summed E-state index contributed by atoms with van der Waals surface area (Å²) >= 11 is 0. The van der Waals surface area contributed by atoms with Crippen LogP contribution in [0.1, 0.15) is 10.4 Å². The average molecular weight is 365 g/mol. The first kappa shape index (κ1) is 16.9. The SMILES string of the molecule is CN(c1ccc(O)cc1)S(=O)(=O)c1cc2c(c(C(=O)O)c1)OCCO2. The summed E-state index contributed by atoms with van der Waals surface area (Å²) in [7, 11) is -2.71. The van der Waals surface area contributed by atoms with E-state index in [4.69, 9.17) is 9.47 Å². The largest absolute Gasteiger partial charge is 0.508 e. The van der Waals surface area contributed by atoms with E-state index in [1.807, 2.05) is 0 Å². The molecule has 25 heavy (non-hydrogen) atoms. The molecule has 0 unspecified atom stereocenters. The van der Waals surface area contributed by atoms with Crippen molar-refractivity contribution in [1.82, 2.24) is 0 Å².